The van der Waals surface area contributed by atoms with Gasteiger partial charge in [0.15, 0.2) is 11.5 Å². The van der Waals surface area contributed by atoms with E-state index in [9.17, 15) is 5.11 Å². The Kier molecular flexibility index (Phi) is 6.69. The van der Waals surface area contributed by atoms with Crippen LogP contribution in [0.3, 0.4) is 0 Å². The van der Waals surface area contributed by atoms with Gasteiger partial charge in [0.1, 0.15) is 11.5 Å². The predicted octanol–water partition coefficient (Wildman–Crippen LogP) is 4.38. The molecular formula is C20H25NO4. The standard InChI is InChI=1S/C20H25NO4/c1-5-24-19-10-7-15(12-20(19)25-6-2)14(3)21-13-16-11-17(23-4)8-9-18(16)22/h7-14,22H,5-6H2,1-4H3/t14-/m1/s1. The highest BCUT2D eigenvalue weighted by Crippen LogP contribution is 2.32. The van der Waals surface area contributed by atoms with Gasteiger partial charge in [-0.05, 0) is 56.7 Å². The quantitative estimate of drug-likeness (QED) is 0.723. The van der Waals surface area contributed by atoms with Crippen LogP contribution in [0, 0.1) is 0 Å². The van der Waals surface area contributed by atoms with E-state index in [1.165, 1.54) is 0 Å². The molecule has 0 bridgehead atoms. The molecule has 2 aromatic rings. The first-order chi connectivity index (χ1) is 12.1. The first kappa shape index (κ1) is 18.6. The maximum atomic E-state index is 9.94. The number of hydrogen-bond acceptors (Lipinski definition) is 5. The van der Waals surface area contributed by atoms with E-state index in [0.29, 0.717) is 30.3 Å². The lowest BCUT2D eigenvalue weighted by Gasteiger charge is -2.14. The Bertz CT molecular complexity index is 728. The van der Waals surface area contributed by atoms with Gasteiger partial charge < -0.3 is 19.3 Å². The Morgan fingerprint density at radius 3 is 2.44 bits per heavy atom. The number of hydrogen-bond donors (Lipinski definition) is 1. The summed E-state index contributed by atoms with van der Waals surface area (Å²) >= 11 is 0. The summed E-state index contributed by atoms with van der Waals surface area (Å²) in [6, 6.07) is 10.8. The second-order valence-corrected chi connectivity index (χ2v) is 5.45. The van der Waals surface area contributed by atoms with E-state index in [1.807, 2.05) is 39.0 Å². The van der Waals surface area contributed by atoms with Crippen molar-refractivity contribution in [3.8, 4) is 23.0 Å². The van der Waals surface area contributed by atoms with Gasteiger partial charge >= 0.3 is 0 Å². The molecule has 2 rings (SSSR count). The van der Waals surface area contributed by atoms with Gasteiger partial charge in [0.2, 0.25) is 0 Å². The number of phenols is 1. The fourth-order valence-corrected chi connectivity index (χ4v) is 2.37. The maximum absolute atomic E-state index is 9.94. The maximum Gasteiger partial charge on any atom is 0.161 e. The van der Waals surface area contributed by atoms with Crippen LogP contribution in [0.15, 0.2) is 41.4 Å². The average molecular weight is 343 g/mol. The van der Waals surface area contributed by atoms with Crippen LogP contribution in [-0.4, -0.2) is 31.6 Å². The first-order valence-corrected chi connectivity index (χ1v) is 8.38. The van der Waals surface area contributed by atoms with Crippen LogP contribution in [0.5, 0.6) is 23.0 Å². The minimum Gasteiger partial charge on any atom is -0.507 e. The Hall–Kier alpha value is -2.69. The van der Waals surface area contributed by atoms with Crippen LogP contribution in [0.4, 0.5) is 0 Å². The minimum atomic E-state index is -0.0968. The molecule has 5 nitrogen and oxygen atoms in total. The van der Waals surface area contributed by atoms with Gasteiger partial charge in [-0.1, -0.05) is 6.07 Å². The first-order valence-electron chi connectivity index (χ1n) is 8.38. The number of benzene rings is 2. The summed E-state index contributed by atoms with van der Waals surface area (Å²) in [5.41, 5.74) is 1.62. The molecule has 0 aliphatic carbocycles. The molecule has 1 atom stereocenters. The largest absolute Gasteiger partial charge is 0.507 e. The van der Waals surface area contributed by atoms with E-state index in [-0.39, 0.29) is 11.8 Å². The smallest absolute Gasteiger partial charge is 0.161 e. The fraction of sp³-hybridized carbons (Fsp3) is 0.350. The van der Waals surface area contributed by atoms with Crippen molar-refractivity contribution in [3.05, 3.63) is 47.5 Å². The molecule has 1 N–H and O–H groups in total. The van der Waals surface area contributed by atoms with Crippen molar-refractivity contribution in [1.82, 2.24) is 0 Å². The molecule has 2 aromatic carbocycles. The van der Waals surface area contributed by atoms with Crippen molar-refractivity contribution in [2.45, 2.75) is 26.8 Å². The lowest BCUT2D eigenvalue weighted by molar-refractivity contribution is 0.287. The molecule has 0 radical (unpaired) electrons. The molecule has 0 saturated carbocycles. The van der Waals surface area contributed by atoms with Crippen molar-refractivity contribution >= 4 is 6.21 Å². The summed E-state index contributed by atoms with van der Waals surface area (Å²) in [6.07, 6.45) is 1.65. The molecular weight excluding hydrogens is 318 g/mol. The molecule has 5 heteroatoms. The Morgan fingerprint density at radius 2 is 1.76 bits per heavy atom. The van der Waals surface area contributed by atoms with Gasteiger partial charge in [-0.3, -0.25) is 4.99 Å². The third-order valence-electron chi connectivity index (χ3n) is 3.72. The lowest BCUT2D eigenvalue weighted by atomic mass is 10.1. The van der Waals surface area contributed by atoms with Gasteiger partial charge in [0.05, 0.1) is 26.4 Å². The summed E-state index contributed by atoms with van der Waals surface area (Å²) in [7, 11) is 1.59. The molecule has 0 saturated heterocycles. The van der Waals surface area contributed by atoms with Crippen molar-refractivity contribution in [2.75, 3.05) is 20.3 Å². The normalized spacial score (nSPS) is 12.2. The molecule has 0 fully saturated rings. The van der Waals surface area contributed by atoms with E-state index < -0.39 is 0 Å². The lowest BCUT2D eigenvalue weighted by Crippen LogP contribution is -2.00. The summed E-state index contributed by atoms with van der Waals surface area (Å²) in [4.78, 5) is 4.54. The zero-order chi connectivity index (χ0) is 18.2. The molecule has 0 aromatic heterocycles. The number of aromatic hydroxyl groups is 1. The van der Waals surface area contributed by atoms with E-state index in [4.69, 9.17) is 14.2 Å². The molecule has 0 amide bonds. The number of phenolic OH excluding ortho intramolecular Hbond substituents is 1. The van der Waals surface area contributed by atoms with Crippen LogP contribution in [-0.2, 0) is 0 Å². The minimum absolute atomic E-state index is 0.0968. The van der Waals surface area contributed by atoms with Crippen LogP contribution < -0.4 is 14.2 Å². The van der Waals surface area contributed by atoms with Gasteiger partial charge in [-0.25, -0.2) is 0 Å². The molecule has 134 valence electrons. The van der Waals surface area contributed by atoms with E-state index in [1.54, 1.807) is 31.5 Å². The van der Waals surface area contributed by atoms with Crippen LogP contribution >= 0.6 is 0 Å². The van der Waals surface area contributed by atoms with E-state index in [0.717, 1.165) is 11.3 Å². The Morgan fingerprint density at radius 1 is 1.04 bits per heavy atom. The highest BCUT2D eigenvalue weighted by atomic mass is 16.5. The molecule has 25 heavy (non-hydrogen) atoms. The van der Waals surface area contributed by atoms with Crippen molar-refractivity contribution in [2.24, 2.45) is 4.99 Å². The third kappa shape index (κ3) is 4.89. The van der Waals surface area contributed by atoms with Crippen molar-refractivity contribution in [3.63, 3.8) is 0 Å². The summed E-state index contributed by atoms with van der Waals surface area (Å²) in [5.74, 6) is 2.29. The van der Waals surface area contributed by atoms with Crippen LogP contribution in [0.1, 0.15) is 37.9 Å². The number of aliphatic imine (C=N–C) groups is 1. The molecule has 0 heterocycles. The van der Waals surface area contributed by atoms with Gasteiger partial charge in [0.25, 0.3) is 0 Å². The summed E-state index contributed by atoms with van der Waals surface area (Å²) < 4.78 is 16.4. The summed E-state index contributed by atoms with van der Waals surface area (Å²) in [6.45, 7) is 7.02. The van der Waals surface area contributed by atoms with Crippen LogP contribution in [0.25, 0.3) is 0 Å². The highest BCUT2D eigenvalue weighted by Gasteiger charge is 2.10. The Balaban J connectivity index is 2.22. The van der Waals surface area contributed by atoms with Gasteiger partial charge in [-0.2, -0.15) is 0 Å². The number of methoxy groups -OCH3 is 1. The zero-order valence-electron chi connectivity index (χ0n) is 15.2. The van der Waals surface area contributed by atoms with E-state index in [2.05, 4.69) is 4.99 Å². The third-order valence-corrected chi connectivity index (χ3v) is 3.72. The zero-order valence-corrected chi connectivity index (χ0v) is 15.2. The number of ether oxygens (including phenoxy) is 3. The van der Waals surface area contributed by atoms with Gasteiger partial charge in [-0.15, -0.1) is 0 Å². The van der Waals surface area contributed by atoms with Gasteiger partial charge in [0, 0.05) is 11.8 Å². The molecule has 0 aliphatic heterocycles. The van der Waals surface area contributed by atoms with Crippen LogP contribution in [0.2, 0.25) is 0 Å². The predicted molar refractivity (Wildman–Crippen MR) is 99.4 cm³/mol. The molecule has 0 spiro atoms. The monoisotopic (exact) mass is 343 g/mol. The number of nitrogens with zero attached hydrogens (tertiary/aromatic N) is 1. The molecule has 0 aliphatic rings. The summed E-state index contributed by atoms with van der Waals surface area (Å²) in [5, 5.41) is 9.94. The van der Waals surface area contributed by atoms with Crippen molar-refractivity contribution < 1.29 is 19.3 Å². The average Bonchev–Trinajstić information content (AvgIpc) is 2.62. The topological polar surface area (TPSA) is 60.3 Å². The second kappa shape index (κ2) is 8.97. The number of rotatable bonds is 8. The highest BCUT2D eigenvalue weighted by molar-refractivity contribution is 5.84. The SMILES string of the molecule is CCOc1ccc([C@@H](C)N=Cc2cc(OC)ccc2O)cc1OCC. The molecule has 0 unspecified atom stereocenters. The Labute approximate surface area is 148 Å². The fourth-order valence-electron chi connectivity index (χ4n) is 2.37. The van der Waals surface area contributed by atoms with E-state index >= 15 is 0 Å². The van der Waals surface area contributed by atoms with Crippen molar-refractivity contribution in [1.29, 1.82) is 0 Å². The second-order valence-electron chi connectivity index (χ2n) is 5.45.